The average Bonchev–Trinajstić information content (AvgIpc) is 2.69. The molecule has 1 heterocycles. The number of hydrogen-bond acceptors (Lipinski definition) is 4. The summed E-state index contributed by atoms with van der Waals surface area (Å²) in [7, 11) is 1.60. The number of rotatable bonds is 6. The third kappa shape index (κ3) is 4.07. The van der Waals surface area contributed by atoms with Crippen molar-refractivity contribution in [2.45, 2.75) is 32.4 Å². The van der Waals surface area contributed by atoms with Crippen molar-refractivity contribution < 1.29 is 24.2 Å². The van der Waals surface area contributed by atoms with Crippen molar-refractivity contribution in [2.24, 2.45) is 5.41 Å². The van der Waals surface area contributed by atoms with E-state index in [9.17, 15) is 14.7 Å². The Balaban J connectivity index is 2.46. The lowest BCUT2D eigenvalue weighted by Crippen LogP contribution is -2.53. The van der Waals surface area contributed by atoms with Gasteiger partial charge in [-0.1, -0.05) is 0 Å². The Kier molecular flexibility index (Phi) is 5.56. The lowest BCUT2D eigenvalue weighted by molar-refractivity contribution is -0.148. The van der Waals surface area contributed by atoms with Gasteiger partial charge in [0.25, 0.3) is 0 Å². The van der Waals surface area contributed by atoms with Crippen LogP contribution in [0.5, 0.6) is 0 Å². The van der Waals surface area contributed by atoms with Gasteiger partial charge in [0.05, 0.1) is 19.3 Å². The van der Waals surface area contributed by atoms with Crippen molar-refractivity contribution in [3.8, 4) is 0 Å². The normalized spacial score (nSPS) is 27.8. The number of nitrogens with one attached hydrogen (secondary N) is 2. The summed E-state index contributed by atoms with van der Waals surface area (Å²) in [5.74, 6) is -0.970. The van der Waals surface area contributed by atoms with Gasteiger partial charge >= 0.3 is 12.0 Å². The van der Waals surface area contributed by atoms with Gasteiger partial charge in [0.1, 0.15) is 5.41 Å². The third-order valence-corrected chi connectivity index (χ3v) is 3.38. The van der Waals surface area contributed by atoms with Crippen LogP contribution in [0.15, 0.2) is 0 Å². The molecule has 7 heteroatoms. The molecule has 1 fully saturated rings. The summed E-state index contributed by atoms with van der Waals surface area (Å²) in [6.45, 7) is 4.30. The molecular formula is C12H22N2O5. The molecule has 7 nitrogen and oxygen atoms in total. The van der Waals surface area contributed by atoms with Crippen LogP contribution in [0.4, 0.5) is 4.79 Å². The van der Waals surface area contributed by atoms with Gasteiger partial charge in [-0.2, -0.15) is 0 Å². The van der Waals surface area contributed by atoms with Gasteiger partial charge in [-0.3, -0.25) is 4.79 Å². The Bertz CT molecular complexity index is 336. The van der Waals surface area contributed by atoms with Crippen LogP contribution in [0, 0.1) is 5.41 Å². The fraction of sp³-hybridized carbons (Fsp3) is 0.833. The molecule has 1 aliphatic rings. The molecule has 0 aromatic rings. The molecule has 1 rings (SSSR count). The molecule has 2 amide bonds. The molecule has 110 valence electrons. The number of carbonyl (C=O) groups excluding carboxylic acids is 1. The highest BCUT2D eigenvalue weighted by molar-refractivity contribution is 5.79. The Morgan fingerprint density at radius 1 is 1.58 bits per heavy atom. The van der Waals surface area contributed by atoms with Crippen molar-refractivity contribution in [3.05, 3.63) is 0 Å². The number of amides is 2. The lowest BCUT2D eigenvalue weighted by atomic mass is 9.85. The summed E-state index contributed by atoms with van der Waals surface area (Å²) in [6.07, 6.45) is 0.696. The maximum atomic E-state index is 11.8. The summed E-state index contributed by atoms with van der Waals surface area (Å²) in [4.78, 5) is 23.0. The van der Waals surface area contributed by atoms with Crippen LogP contribution in [0.25, 0.3) is 0 Å². The fourth-order valence-corrected chi connectivity index (χ4v) is 1.88. The second kappa shape index (κ2) is 6.72. The van der Waals surface area contributed by atoms with Gasteiger partial charge in [0, 0.05) is 19.8 Å². The van der Waals surface area contributed by atoms with E-state index >= 15 is 0 Å². The predicted molar refractivity (Wildman–Crippen MR) is 68.0 cm³/mol. The third-order valence-electron chi connectivity index (χ3n) is 3.38. The largest absolute Gasteiger partial charge is 0.481 e. The van der Waals surface area contributed by atoms with Gasteiger partial charge < -0.3 is 25.2 Å². The monoisotopic (exact) mass is 274 g/mol. The van der Waals surface area contributed by atoms with Crippen molar-refractivity contribution >= 4 is 12.0 Å². The molecule has 1 aliphatic heterocycles. The quantitative estimate of drug-likeness (QED) is 0.643. The van der Waals surface area contributed by atoms with Crippen LogP contribution in [0.1, 0.15) is 20.3 Å². The molecule has 0 spiro atoms. The van der Waals surface area contributed by atoms with E-state index in [4.69, 9.17) is 9.47 Å². The standard InChI is InChI=1S/C12H22N2O5/c1-8(4-5-18-3)13-11(17)14-9-6-19-7-12(9,2)10(15)16/h8-9H,4-7H2,1-3H3,(H,15,16)(H2,13,14,17). The lowest BCUT2D eigenvalue weighted by Gasteiger charge is -2.26. The van der Waals surface area contributed by atoms with Crippen LogP contribution in [-0.4, -0.2) is 56.1 Å². The number of hydrogen-bond donors (Lipinski definition) is 3. The molecule has 0 radical (unpaired) electrons. The first-order valence-corrected chi connectivity index (χ1v) is 6.27. The zero-order chi connectivity index (χ0) is 14.5. The van der Waals surface area contributed by atoms with E-state index in [0.717, 1.165) is 0 Å². The molecule has 3 atom stereocenters. The maximum absolute atomic E-state index is 11.8. The van der Waals surface area contributed by atoms with Crippen LogP contribution in [0.2, 0.25) is 0 Å². The second-order valence-electron chi connectivity index (χ2n) is 5.09. The maximum Gasteiger partial charge on any atom is 0.315 e. The number of carbonyl (C=O) groups is 2. The number of urea groups is 1. The topological polar surface area (TPSA) is 96.9 Å². The molecule has 0 bridgehead atoms. The van der Waals surface area contributed by atoms with E-state index in [-0.39, 0.29) is 25.3 Å². The van der Waals surface area contributed by atoms with Gasteiger partial charge in [0.2, 0.25) is 0 Å². The van der Waals surface area contributed by atoms with E-state index in [1.165, 1.54) is 0 Å². The Morgan fingerprint density at radius 3 is 2.84 bits per heavy atom. The molecule has 1 saturated heterocycles. The molecule has 0 aliphatic carbocycles. The van der Waals surface area contributed by atoms with Gasteiger partial charge in [-0.25, -0.2) is 4.79 Å². The summed E-state index contributed by atoms with van der Waals surface area (Å²) in [6, 6.07) is -0.954. The number of carboxylic acids is 1. The van der Waals surface area contributed by atoms with Crippen LogP contribution in [0.3, 0.4) is 0 Å². The highest BCUT2D eigenvalue weighted by Crippen LogP contribution is 2.28. The summed E-state index contributed by atoms with van der Waals surface area (Å²) >= 11 is 0. The molecule has 3 N–H and O–H groups in total. The molecule has 3 unspecified atom stereocenters. The first kappa shape index (κ1) is 15.7. The molecule has 19 heavy (non-hydrogen) atoms. The Labute approximate surface area is 112 Å². The van der Waals surface area contributed by atoms with Crippen molar-refractivity contribution in [2.75, 3.05) is 26.9 Å². The highest BCUT2D eigenvalue weighted by atomic mass is 16.5. The van der Waals surface area contributed by atoms with E-state index < -0.39 is 17.4 Å². The molecular weight excluding hydrogens is 252 g/mol. The van der Waals surface area contributed by atoms with Crippen molar-refractivity contribution in [1.82, 2.24) is 10.6 Å². The summed E-state index contributed by atoms with van der Waals surface area (Å²) in [5, 5.41) is 14.6. The predicted octanol–water partition coefficient (Wildman–Crippen LogP) is 0.200. The number of aliphatic carboxylic acids is 1. The van der Waals surface area contributed by atoms with E-state index in [1.54, 1.807) is 14.0 Å². The minimum absolute atomic E-state index is 0.0432. The van der Waals surface area contributed by atoms with Crippen LogP contribution >= 0.6 is 0 Å². The Hall–Kier alpha value is -1.34. The number of ether oxygens (including phenoxy) is 2. The van der Waals surface area contributed by atoms with Crippen LogP contribution < -0.4 is 10.6 Å². The van der Waals surface area contributed by atoms with Crippen molar-refractivity contribution in [1.29, 1.82) is 0 Å². The van der Waals surface area contributed by atoms with E-state index in [1.807, 2.05) is 6.92 Å². The average molecular weight is 274 g/mol. The zero-order valence-corrected chi connectivity index (χ0v) is 11.6. The van der Waals surface area contributed by atoms with E-state index in [2.05, 4.69) is 10.6 Å². The Morgan fingerprint density at radius 2 is 2.26 bits per heavy atom. The molecule has 0 aromatic heterocycles. The van der Waals surface area contributed by atoms with Crippen molar-refractivity contribution in [3.63, 3.8) is 0 Å². The molecule has 0 saturated carbocycles. The first-order chi connectivity index (χ1) is 8.90. The zero-order valence-electron chi connectivity index (χ0n) is 11.6. The minimum atomic E-state index is -1.08. The van der Waals surface area contributed by atoms with E-state index in [0.29, 0.717) is 13.0 Å². The van der Waals surface area contributed by atoms with Gasteiger partial charge in [0.15, 0.2) is 0 Å². The highest BCUT2D eigenvalue weighted by Gasteiger charge is 2.47. The molecule has 0 aromatic carbocycles. The first-order valence-electron chi connectivity index (χ1n) is 6.27. The minimum Gasteiger partial charge on any atom is -0.481 e. The van der Waals surface area contributed by atoms with Gasteiger partial charge in [-0.15, -0.1) is 0 Å². The second-order valence-corrected chi connectivity index (χ2v) is 5.09. The number of methoxy groups -OCH3 is 1. The van der Waals surface area contributed by atoms with Crippen LogP contribution in [-0.2, 0) is 14.3 Å². The fourth-order valence-electron chi connectivity index (χ4n) is 1.88. The summed E-state index contributed by atoms with van der Waals surface area (Å²) < 4.78 is 10.1. The SMILES string of the molecule is COCCC(C)NC(=O)NC1COCC1(C)C(=O)O. The number of carboxylic acid groups (broad SMARTS) is 1. The smallest absolute Gasteiger partial charge is 0.315 e. The van der Waals surface area contributed by atoms with Gasteiger partial charge in [-0.05, 0) is 20.3 Å². The summed E-state index contributed by atoms with van der Waals surface area (Å²) in [5.41, 5.74) is -1.08.